The van der Waals surface area contributed by atoms with Gasteiger partial charge in [0.15, 0.2) is 11.6 Å². The van der Waals surface area contributed by atoms with Gasteiger partial charge >= 0.3 is 0 Å². The summed E-state index contributed by atoms with van der Waals surface area (Å²) < 4.78 is 26.2. The van der Waals surface area contributed by atoms with Gasteiger partial charge in [-0.15, -0.1) is 11.3 Å². The van der Waals surface area contributed by atoms with E-state index in [4.69, 9.17) is 0 Å². The fourth-order valence-corrected chi connectivity index (χ4v) is 5.21. The zero-order valence-electron chi connectivity index (χ0n) is 9.96. The fourth-order valence-electron chi connectivity index (χ4n) is 2.13. The molecular weight excluding hydrogens is 350 g/mol. The number of thiophene rings is 1. The molecule has 1 aromatic heterocycles. The molecule has 1 unspecified atom stereocenters. The van der Waals surface area contributed by atoms with Crippen molar-refractivity contribution in [3.63, 3.8) is 0 Å². The highest BCUT2D eigenvalue weighted by molar-refractivity contribution is 9.09. The highest BCUT2D eigenvalue weighted by atomic mass is 79.9. The van der Waals surface area contributed by atoms with Crippen LogP contribution in [0.2, 0.25) is 0 Å². The molecule has 2 aromatic rings. The Morgan fingerprint density at radius 1 is 1.16 bits per heavy atom. The van der Waals surface area contributed by atoms with Crippen molar-refractivity contribution in [2.75, 3.05) is 5.75 Å². The van der Waals surface area contributed by atoms with Crippen molar-refractivity contribution in [3.8, 4) is 0 Å². The summed E-state index contributed by atoms with van der Waals surface area (Å²) in [6, 6.07) is 6.27. The van der Waals surface area contributed by atoms with Crippen LogP contribution in [0.4, 0.5) is 8.78 Å². The normalized spacial score (nSPS) is 16.2. The summed E-state index contributed by atoms with van der Waals surface area (Å²) in [7, 11) is 0. The molecule has 0 aliphatic carbocycles. The summed E-state index contributed by atoms with van der Waals surface area (Å²) in [5.74, 6) is 0.637. The van der Waals surface area contributed by atoms with E-state index in [0.29, 0.717) is 0 Å². The lowest BCUT2D eigenvalue weighted by Crippen LogP contribution is -1.96. The van der Waals surface area contributed by atoms with Crippen LogP contribution in [0.15, 0.2) is 24.3 Å². The van der Waals surface area contributed by atoms with Gasteiger partial charge in [-0.2, -0.15) is 11.8 Å². The van der Waals surface area contributed by atoms with Gasteiger partial charge in [0.25, 0.3) is 0 Å². The molecule has 0 amide bonds. The molecule has 0 saturated heterocycles. The Labute approximate surface area is 127 Å². The summed E-state index contributed by atoms with van der Waals surface area (Å²) in [6.07, 6.45) is 1.11. The molecule has 1 aromatic carbocycles. The van der Waals surface area contributed by atoms with Crippen LogP contribution in [0.25, 0.3) is 0 Å². The third kappa shape index (κ3) is 2.73. The number of halogens is 3. The number of benzene rings is 1. The van der Waals surface area contributed by atoms with Gasteiger partial charge in [-0.1, -0.05) is 22.0 Å². The van der Waals surface area contributed by atoms with E-state index in [0.717, 1.165) is 17.7 Å². The standard InChI is InChI=1S/C14H11BrF2S2/c15-14(8-1-2-10(16)11(17)5-8)13-6-9-7-18-4-3-12(9)19-13/h1-2,5-6,14H,3-4,7H2. The number of fused-ring (bicyclic) bond motifs is 1. The van der Waals surface area contributed by atoms with Gasteiger partial charge in [0.05, 0.1) is 4.83 Å². The maximum absolute atomic E-state index is 13.3. The minimum Gasteiger partial charge on any atom is -0.204 e. The Morgan fingerprint density at radius 3 is 2.74 bits per heavy atom. The topological polar surface area (TPSA) is 0 Å². The lowest BCUT2D eigenvalue weighted by atomic mass is 10.1. The van der Waals surface area contributed by atoms with Crippen LogP contribution in [-0.4, -0.2) is 5.75 Å². The van der Waals surface area contributed by atoms with Crippen molar-refractivity contribution in [2.24, 2.45) is 0 Å². The maximum atomic E-state index is 13.3. The first-order chi connectivity index (χ1) is 9.15. The lowest BCUT2D eigenvalue weighted by molar-refractivity contribution is 0.507. The fraction of sp³-hybridized carbons (Fsp3) is 0.286. The third-order valence-electron chi connectivity index (χ3n) is 3.13. The molecule has 1 aliphatic rings. The molecular formula is C14H11BrF2S2. The first kappa shape index (κ1) is 13.6. The second kappa shape index (κ2) is 5.54. The van der Waals surface area contributed by atoms with E-state index in [9.17, 15) is 8.78 Å². The van der Waals surface area contributed by atoms with E-state index in [1.165, 1.54) is 33.2 Å². The molecule has 0 spiro atoms. The average molecular weight is 361 g/mol. The van der Waals surface area contributed by atoms with E-state index >= 15 is 0 Å². The first-order valence-corrected chi connectivity index (χ1v) is 8.82. The summed E-state index contributed by atoms with van der Waals surface area (Å²) >= 11 is 7.31. The molecule has 0 bridgehead atoms. The zero-order chi connectivity index (χ0) is 13.4. The zero-order valence-corrected chi connectivity index (χ0v) is 13.2. The minimum atomic E-state index is -0.801. The maximum Gasteiger partial charge on any atom is 0.159 e. The summed E-state index contributed by atoms with van der Waals surface area (Å²) in [4.78, 5) is 2.53. The molecule has 0 fully saturated rings. The third-order valence-corrected chi connectivity index (χ3v) is 6.77. The molecule has 1 atom stereocenters. The summed E-state index contributed by atoms with van der Waals surface area (Å²) in [5.41, 5.74) is 2.15. The number of hydrogen-bond acceptors (Lipinski definition) is 2. The van der Waals surface area contributed by atoms with Gasteiger partial charge in [0, 0.05) is 15.5 Å². The Kier molecular flexibility index (Phi) is 3.96. The van der Waals surface area contributed by atoms with Gasteiger partial charge in [-0.25, -0.2) is 8.78 Å². The van der Waals surface area contributed by atoms with Crippen LogP contribution < -0.4 is 0 Å². The van der Waals surface area contributed by atoms with Crippen molar-refractivity contribution < 1.29 is 8.78 Å². The average Bonchev–Trinajstić information content (AvgIpc) is 2.85. The molecule has 100 valence electrons. The molecule has 0 radical (unpaired) electrons. The van der Waals surface area contributed by atoms with Gasteiger partial charge < -0.3 is 0 Å². The molecule has 1 aliphatic heterocycles. The summed E-state index contributed by atoms with van der Waals surface area (Å²) in [5, 5.41) is 0. The molecule has 0 N–H and O–H groups in total. The van der Waals surface area contributed by atoms with Gasteiger partial charge in [-0.05, 0) is 41.5 Å². The van der Waals surface area contributed by atoms with Crippen LogP contribution in [0.5, 0.6) is 0 Å². The van der Waals surface area contributed by atoms with Gasteiger partial charge in [-0.3, -0.25) is 0 Å². The quantitative estimate of drug-likeness (QED) is 0.654. The van der Waals surface area contributed by atoms with Crippen molar-refractivity contribution in [1.29, 1.82) is 0 Å². The van der Waals surface area contributed by atoms with E-state index in [-0.39, 0.29) is 4.83 Å². The Hall–Kier alpha value is -0.390. The number of alkyl halides is 1. The molecule has 19 heavy (non-hydrogen) atoms. The molecule has 5 heteroatoms. The van der Waals surface area contributed by atoms with E-state index in [1.54, 1.807) is 17.4 Å². The van der Waals surface area contributed by atoms with E-state index in [2.05, 4.69) is 22.0 Å². The van der Waals surface area contributed by atoms with Gasteiger partial charge in [0.2, 0.25) is 0 Å². The summed E-state index contributed by atoms with van der Waals surface area (Å²) in [6.45, 7) is 0. The van der Waals surface area contributed by atoms with Crippen LogP contribution >= 0.6 is 39.0 Å². The van der Waals surface area contributed by atoms with Crippen molar-refractivity contribution in [1.82, 2.24) is 0 Å². The second-order valence-corrected chi connectivity index (χ2v) is 7.63. The lowest BCUT2D eigenvalue weighted by Gasteiger charge is -2.08. The Balaban J connectivity index is 1.92. The Bertz CT molecular complexity index is 586. The van der Waals surface area contributed by atoms with Crippen LogP contribution in [0.3, 0.4) is 0 Å². The highest BCUT2D eigenvalue weighted by Gasteiger charge is 2.19. The number of rotatable bonds is 2. The monoisotopic (exact) mass is 360 g/mol. The molecule has 0 nitrogen and oxygen atoms in total. The van der Waals surface area contributed by atoms with E-state index < -0.39 is 11.6 Å². The van der Waals surface area contributed by atoms with Gasteiger partial charge in [0.1, 0.15) is 0 Å². The predicted octanol–water partition coefficient (Wildman–Crippen LogP) is 5.30. The SMILES string of the molecule is Fc1ccc(C(Br)c2cc3c(s2)CCSC3)cc1F. The molecule has 3 rings (SSSR count). The van der Waals surface area contributed by atoms with Crippen LogP contribution in [-0.2, 0) is 12.2 Å². The smallest absolute Gasteiger partial charge is 0.159 e. The van der Waals surface area contributed by atoms with Crippen molar-refractivity contribution in [2.45, 2.75) is 17.0 Å². The predicted molar refractivity (Wildman–Crippen MR) is 81.3 cm³/mol. The Morgan fingerprint density at radius 2 is 2.00 bits per heavy atom. The van der Waals surface area contributed by atoms with Crippen molar-refractivity contribution >= 4 is 39.0 Å². The number of aryl methyl sites for hydroxylation is 1. The first-order valence-electron chi connectivity index (χ1n) is 5.93. The van der Waals surface area contributed by atoms with Crippen molar-refractivity contribution in [3.05, 3.63) is 56.8 Å². The second-order valence-electron chi connectivity index (χ2n) is 4.44. The van der Waals surface area contributed by atoms with Crippen LogP contribution in [0.1, 0.15) is 25.7 Å². The van der Waals surface area contributed by atoms with Crippen LogP contribution in [0, 0.1) is 11.6 Å². The molecule has 2 heterocycles. The number of hydrogen-bond donors (Lipinski definition) is 0. The molecule has 0 saturated carbocycles. The minimum absolute atomic E-state index is 0.0665. The largest absolute Gasteiger partial charge is 0.204 e. The van der Waals surface area contributed by atoms with E-state index in [1.807, 2.05) is 11.8 Å². The number of thioether (sulfide) groups is 1. The highest BCUT2D eigenvalue weighted by Crippen LogP contribution is 2.40.